The van der Waals surface area contributed by atoms with E-state index < -0.39 is 0 Å². The van der Waals surface area contributed by atoms with Gasteiger partial charge in [-0.05, 0) is 122 Å². The standard InChI is InChI=1S/C57H42N2/c1-57(2)53-19-11-9-17-49(53)50-35-34-48(38-54(50)57)58(45-15-7-4-8-16-45)46-30-25-42(26-31-46)40-21-23-43(24-22-40)44-29-36-56-52(37-44)51-18-10-12-20-55(51)59(56)47-32-27-41(28-33-47)39-13-5-3-6-14-39/h3-38H,1-2H3. The first-order valence-corrected chi connectivity index (χ1v) is 20.5. The van der Waals surface area contributed by atoms with Gasteiger partial charge < -0.3 is 9.47 Å². The van der Waals surface area contributed by atoms with Gasteiger partial charge in [-0.3, -0.25) is 0 Å². The van der Waals surface area contributed by atoms with Crippen LogP contribution in [0.1, 0.15) is 25.0 Å². The number of rotatable bonds is 7. The van der Waals surface area contributed by atoms with Gasteiger partial charge in [-0.2, -0.15) is 0 Å². The molecule has 9 aromatic carbocycles. The second-order valence-corrected chi connectivity index (χ2v) is 16.2. The largest absolute Gasteiger partial charge is 0.310 e. The minimum atomic E-state index is -0.0686. The van der Waals surface area contributed by atoms with Crippen LogP contribution in [0.15, 0.2) is 218 Å². The Balaban J connectivity index is 0.897. The molecule has 0 spiro atoms. The number of hydrogen-bond acceptors (Lipinski definition) is 1. The number of hydrogen-bond donors (Lipinski definition) is 0. The summed E-state index contributed by atoms with van der Waals surface area (Å²) in [5.74, 6) is 0. The predicted molar refractivity (Wildman–Crippen MR) is 249 cm³/mol. The maximum Gasteiger partial charge on any atom is 0.0541 e. The van der Waals surface area contributed by atoms with Crippen molar-refractivity contribution >= 4 is 38.9 Å². The van der Waals surface area contributed by atoms with E-state index in [0.717, 1.165) is 22.7 Å². The van der Waals surface area contributed by atoms with Gasteiger partial charge in [0.2, 0.25) is 0 Å². The van der Waals surface area contributed by atoms with Crippen LogP contribution in [0, 0.1) is 0 Å². The van der Waals surface area contributed by atoms with E-state index in [-0.39, 0.29) is 5.41 Å². The Morgan fingerprint density at radius 3 is 1.56 bits per heavy atom. The van der Waals surface area contributed by atoms with Crippen LogP contribution in [-0.2, 0) is 5.41 Å². The molecule has 0 atom stereocenters. The molecule has 59 heavy (non-hydrogen) atoms. The molecule has 0 N–H and O–H groups in total. The molecule has 10 aromatic rings. The predicted octanol–water partition coefficient (Wildman–Crippen LogP) is 15.6. The highest BCUT2D eigenvalue weighted by molar-refractivity contribution is 6.10. The summed E-state index contributed by atoms with van der Waals surface area (Å²) in [6.07, 6.45) is 0. The highest BCUT2D eigenvalue weighted by atomic mass is 15.1. The lowest BCUT2D eigenvalue weighted by atomic mass is 9.82. The molecule has 2 heteroatoms. The Morgan fingerprint density at radius 1 is 0.339 bits per heavy atom. The lowest BCUT2D eigenvalue weighted by Crippen LogP contribution is -2.16. The molecule has 0 aliphatic heterocycles. The number of nitrogens with zero attached hydrogens (tertiary/aromatic N) is 2. The van der Waals surface area contributed by atoms with Gasteiger partial charge in [0.15, 0.2) is 0 Å². The molecule has 0 saturated heterocycles. The molecule has 1 aromatic heterocycles. The smallest absolute Gasteiger partial charge is 0.0541 e. The highest BCUT2D eigenvalue weighted by Crippen LogP contribution is 2.50. The molecule has 0 unspecified atom stereocenters. The highest BCUT2D eigenvalue weighted by Gasteiger charge is 2.35. The first-order valence-electron chi connectivity index (χ1n) is 20.5. The van der Waals surface area contributed by atoms with E-state index in [1.165, 1.54) is 77.4 Å². The third-order valence-corrected chi connectivity index (χ3v) is 12.4. The van der Waals surface area contributed by atoms with E-state index in [2.05, 4.69) is 242 Å². The topological polar surface area (TPSA) is 8.17 Å². The summed E-state index contributed by atoms with van der Waals surface area (Å²) in [5.41, 5.74) is 19.6. The zero-order chi connectivity index (χ0) is 39.5. The van der Waals surface area contributed by atoms with Crippen molar-refractivity contribution in [1.82, 2.24) is 4.57 Å². The molecule has 11 rings (SSSR count). The quantitative estimate of drug-likeness (QED) is 0.157. The number of anilines is 3. The first kappa shape index (κ1) is 34.8. The van der Waals surface area contributed by atoms with Crippen LogP contribution in [0.3, 0.4) is 0 Å². The van der Waals surface area contributed by atoms with Crippen LogP contribution in [0.2, 0.25) is 0 Å². The van der Waals surface area contributed by atoms with Gasteiger partial charge in [-0.15, -0.1) is 0 Å². The van der Waals surface area contributed by atoms with Crippen LogP contribution in [0.4, 0.5) is 17.1 Å². The van der Waals surface area contributed by atoms with E-state index in [1.807, 2.05) is 0 Å². The van der Waals surface area contributed by atoms with E-state index >= 15 is 0 Å². The fourth-order valence-electron chi connectivity index (χ4n) is 9.38. The monoisotopic (exact) mass is 754 g/mol. The molecule has 1 aliphatic rings. The van der Waals surface area contributed by atoms with Crippen molar-refractivity contribution in [2.45, 2.75) is 19.3 Å². The minimum Gasteiger partial charge on any atom is -0.310 e. The van der Waals surface area contributed by atoms with Gasteiger partial charge in [0.1, 0.15) is 0 Å². The summed E-state index contributed by atoms with van der Waals surface area (Å²) in [4.78, 5) is 2.37. The third-order valence-electron chi connectivity index (χ3n) is 12.4. The minimum absolute atomic E-state index is 0.0686. The van der Waals surface area contributed by atoms with Crippen molar-refractivity contribution in [1.29, 1.82) is 0 Å². The van der Waals surface area contributed by atoms with Gasteiger partial charge in [-0.25, -0.2) is 0 Å². The lowest BCUT2D eigenvalue weighted by molar-refractivity contribution is 0.660. The van der Waals surface area contributed by atoms with Crippen LogP contribution in [-0.4, -0.2) is 4.57 Å². The molecule has 0 amide bonds. The van der Waals surface area contributed by atoms with Crippen molar-refractivity contribution < 1.29 is 0 Å². The van der Waals surface area contributed by atoms with E-state index in [0.29, 0.717) is 0 Å². The van der Waals surface area contributed by atoms with Gasteiger partial charge in [0, 0.05) is 38.9 Å². The first-order chi connectivity index (χ1) is 29.0. The van der Waals surface area contributed by atoms with Crippen LogP contribution >= 0.6 is 0 Å². The van der Waals surface area contributed by atoms with Crippen molar-refractivity contribution in [3.8, 4) is 50.2 Å². The van der Waals surface area contributed by atoms with E-state index in [4.69, 9.17) is 0 Å². The summed E-state index contributed by atoms with van der Waals surface area (Å²) in [6.45, 7) is 4.69. The number of fused-ring (bicyclic) bond motifs is 6. The normalized spacial score (nSPS) is 12.7. The van der Waals surface area contributed by atoms with Gasteiger partial charge in [0.25, 0.3) is 0 Å². The van der Waals surface area contributed by atoms with Gasteiger partial charge >= 0.3 is 0 Å². The molecule has 0 saturated carbocycles. The zero-order valence-corrected chi connectivity index (χ0v) is 33.2. The number of para-hydroxylation sites is 2. The summed E-state index contributed by atoms with van der Waals surface area (Å²) >= 11 is 0. The van der Waals surface area contributed by atoms with Crippen molar-refractivity contribution in [3.05, 3.63) is 230 Å². The average molecular weight is 755 g/mol. The average Bonchev–Trinajstić information content (AvgIpc) is 3.75. The molecule has 280 valence electrons. The van der Waals surface area contributed by atoms with Crippen molar-refractivity contribution in [3.63, 3.8) is 0 Å². The van der Waals surface area contributed by atoms with Gasteiger partial charge in [-0.1, -0.05) is 166 Å². The van der Waals surface area contributed by atoms with E-state index in [1.54, 1.807) is 0 Å². The molecule has 1 heterocycles. The maximum atomic E-state index is 2.40. The van der Waals surface area contributed by atoms with Gasteiger partial charge in [0.05, 0.1) is 11.0 Å². The summed E-state index contributed by atoms with van der Waals surface area (Å²) < 4.78 is 2.39. The fraction of sp³-hybridized carbons (Fsp3) is 0.0526. The van der Waals surface area contributed by atoms with E-state index in [9.17, 15) is 0 Å². The molecular weight excluding hydrogens is 713 g/mol. The SMILES string of the molecule is CC1(C)c2ccccc2-c2ccc(N(c3ccccc3)c3ccc(-c4ccc(-c5ccc6c(c5)c5ccccc5n6-c5ccc(-c6ccccc6)cc5)cc4)cc3)cc21. The Morgan fingerprint density at radius 2 is 0.831 bits per heavy atom. The van der Waals surface area contributed by atoms with Crippen LogP contribution in [0.25, 0.3) is 72.0 Å². The Bertz CT molecular complexity index is 3140. The summed E-state index contributed by atoms with van der Waals surface area (Å²) in [5, 5.41) is 2.51. The fourth-order valence-corrected chi connectivity index (χ4v) is 9.38. The molecular formula is C57H42N2. The molecule has 0 fully saturated rings. The Hall–Kier alpha value is -7.42. The van der Waals surface area contributed by atoms with Crippen molar-refractivity contribution in [2.24, 2.45) is 0 Å². The molecule has 0 bridgehead atoms. The maximum absolute atomic E-state index is 2.40. The second kappa shape index (κ2) is 13.9. The molecule has 0 radical (unpaired) electrons. The molecule has 2 nitrogen and oxygen atoms in total. The Labute approximate surface area is 345 Å². The second-order valence-electron chi connectivity index (χ2n) is 16.2. The summed E-state index contributed by atoms with van der Waals surface area (Å²) in [6, 6.07) is 79.7. The van der Waals surface area contributed by atoms with Crippen LogP contribution < -0.4 is 4.90 Å². The van der Waals surface area contributed by atoms with Crippen molar-refractivity contribution in [2.75, 3.05) is 4.90 Å². The van der Waals surface area contributed by atoms with Crippen LogP contribution in [0.5, 0.6) is 0 Å². The zero-order valence-electron chi connectivity index (χ0n) is 33.2. The number of aromatic nitrogens is 1. The number of benzene rings is 9. The third kappa shape index (κ3) is 5.87. The Kier molecular flexibility index (Phi) is 8.20. The lowest BCUT2D eigenvalue weighted by Gasteiger charge is -2.28. The molecule has 1 aliphatic carbocycles. The summed E-state index contributed by atoms with van der Waals surface area (Å²) in [7, 11) is 0.